The fourth-order valence-corrected chi connectivity index (χ4v) is 3.64. The van der Waals surface area contributed by atoms with Crippen molar-refractivity contribution in [2.45, 2.75) is 31.8 Å². The van der Waals surface area contributed by atoms with Crippen molar-refractivity contribution in [1.82, 2.24) is 20.4 Å². The molecule has 1 aliphatic rings. The van der Waals surface area contributed by atoms with Crippen LogP contribution in [0.3, 0.4) is 0 Å². The van der Waals surface area contributed by atoms with Crippen LogP contribution < -0.4 is 21.7 Å². The van der Waals surface area contributed by atoms with Gasteiger partial charge >= 0.3 is 0 Å². The zero-order chi connectivity index (χ0) is 21.8. The third kappa shape index (κ3) is 4.99. The number of carbonyl (C=O) groups excluding carboxylic acids is 3. The van der Waals surface area contributed by atoms with E-state index in [0.717, 1.165) is 30.6 Å². The lowest BCUT2D eigenvalue weighted by Gasteiger charge is -2.23. The third-order valence-corrected chi connectivity index (χ3v) is 5.29. The van der Waals surface area contributed by atoms with E-state index in [0.29, 0.717) is 0 Å². The summed E-state index contributed by atoms with van der Waals surface area (Å²) in [6.45, 7) is 3.08. The van der Waals surface area contributed by atoms with Gasteiger partial charge in [0.15, 0.2) is 5.69 Å². The first kappa shape index (κ1) is 22.2. The van der Waals surface area contributed by atoms with Crippen molar-refractivity contribution in [1.29, 1.82) is 0 Å². The fraction of sp³-hybridized carbons (Fsp3) is 0.368. The van der Waals surface area contributed by atoms with Crippen LogP contribution >= 0.6 is 23.2 Å². The zero-order valence-electron chi connectivity index (χ0n) is 16.2. The topological polar surface area (TPSA) is 131 Å². The summed E-state index contributed by atoms with van der Waals surface area (Å²) in [4.78, 5) is 37.9. The van der Waals surface area contributed by atoms with Gasteiger partial charge in [0, 0.05) is 6.04 Å². The molecule has 0 saturated carbocycles. The molecule has 0 radical (unpaired) electrons. The number of aromatic nitrogens is 2. The fourth-order valence-electron chi connectivity index (χ4n) is 3.07. The summed E-state index contributed by atoms with van der Waals surface area (Å²) in [5.74, 6) is -1.66. The van der Waals surface area contributed by atoms with E-state index in [2.05, 4.69) is 21.0 Å². The van der Waals surface area contributed by atoms with Crippen LogP contribution in [0, 0.1) is 0 Å². The molecule has 9 nitrogen and oxygen atoms in total. The van der Waals surface area contributed by atoms with Crippen molar-refractivity contribution in [3.05, 3.63) is 45.7 Å². The van der Waals surface area contributed by atoms with E-state index in [1.165, 1.54) is 25.3 Å². The number of benzene rings is 1. The standard InChI is InChI=1S/C19H22Cl2N6O3/c1-10(22)19(30)27-9-14(25-17(28)15-12(20)3-2-4-13(15)21)16(26-27)18(29)24-11-5-7-23-8-6-11/h2-4,9-11,23H,5-8,22H2,1H3,(H,24,29)(H,25,28)/t10-/m1/s1. The minimum Gasteiger partial charge on any atom is -0.348 e. The number of nitrogens with one attached hydrogen (secondary N) is 3. The highest BCUT2D eigenvalue weighted by molar-refractivity contribution is 6.40. The number of carbonyl (C=O) groups is 3. The van der Waals surface area contributed by atoms with E-state index in [1.807, 2.05) is 0 Å². The molecule has 11 heteroatoms. The molecule has 1 aromatic carbocycles. The van der Waals surface area contributed by atoms with Gasteiger partial charge in [-0.25, -0.2) is 4.68 Å². The summed E-state index contributed by atoms with van der Waals surface area (Å²) >= 11 is 12.2. The van der Waals surface area contributed by atoms with Gasteiger partial charge in [0.2, 0.25) is 0 Å². The molecular weight excluding hydrogens is 431 g/mol. The number of halogens is 2. The molecule has 2 amide bonds. The van der Waals surface area contributed by atoms with E-state index in [-0.39, 0.29) is 33.0 Å². The Morgan fingerprint density at radius 2 is 1.83 bits per heavy atom. The van der Waals surface area contributed by atoms with Gasteiger partial charge in [0.25, 0.3) is 17.7 Å². The van der Waals surface area contributed by atoms with Crippen molar-refractivity contribution in [3.63, 3.8) is 0 Å². The lowest BCUT2D eigenvalue weighted by molar-refractivity contribution is 0.0867. The molecule has 1 saturated heterocycles. The minimum absolute atomic E-state index is 0.0328. The van der Waals surface area contributed by atoms with E-state index in [4.69, 9.17) is 28.9 Å². The smallest absolute Gasteiger partial charge is 0.274 e. The molecule has 0 aliphatic carbocycles. The van der Waals surface area contributed by atoms with Crippen molar-refractivity contribution in [2.75, 3.05) is 18.4 Å². The van der Waals surface area contributed by atoms with Crippen molar-refractivity contribution in [3.8, 4) is 0 Å². The van der Waals surface area contributed by atoms with Gasteiger partial charge in [-0.15, -0.1) is 0 Å². The molecule has 1 aromatic heterocycles. The first-order chi connectivity index (χ1) is 14.3. The van der Waals surface area contributed by atoms with Crippen LogP contribution in [0.4, 0.5) is 5.69 Å². The second-order valence-corrected chi connectivity index (χ2v) is 7.83. The van der Waals surface area contributed by atoms with Crippen molar-refractivity contribution >= 4 is 46.6 Å². The van der Waals surface area contributed by atoms with E-state index in [9.17, 15) is 14.4 Å². The first-order valence-electron chi connectivity index (χ1n) is 9.44. The number of hydrogen-bond acceptors (Lipinski definition) is 6. The second kappa shape index (κ2) is 9.57. The Bertz CT molecular complexity index is 949. The Morgan fingerprint density at radius 1 is 1.20 bits per heavy atom. The maximum absolute atomic E-state index is 12.8. The number of nitrogens with zero attached hydrogens (tertiary/aromatic N) is 2. The Morgan fingerprint density at radius 3 is 2.43 bits per heavy atom. The van der Waals surface area contributed by atoms with Gasteiger partial charge in [-0.2, -0.15) is 5.10 Å². The van der Waals surface area contributed by atoms with E-state index in [1.54, 1.807) is 6.07 Å². The average molecular weight is 453 g/mol. The van der Waals surface area contributed by atoms with Crippen LogP contribution in [0.5, 0.6) is 0 Å². The van der Waals surface area contributed by atoms with E-state index >= 15 is 0 Å². The van der Waals surface area contributed by atoms with Crippen LogP contribution in [0.25, 0.3) is 0 Å². The molecule has 0 unspecified atom stereocenters. The molecule has 2 heterocycles. The highest BCUT2D eigenvalue weighted by Crippen LogP contribution is 2.26. The van der Waals surface area contributed by atoms with Crippen LogP contribution in [0.15, 0.2) is 24.4 Å². The van der Waals surface area contributed by atoms with E-state index < -0.39 is 23.8 Å². The second-order valence-electron chi connectivity index (χ2n) is 7.01. The molecule has 5 N–H and O–H groups in total. The lowest BCUT2D eigenvalue weighted by Crippen LogP contribution is -2.43. The Kier molecular flexibility index (Phi) is 7.09. The summed E-state index contributed by atoms with van der Waals surface area (Å²) < 4.78 is 0.950. The summed E-state index contributed by atoms with van der Waals surface area (Å²) in [5, 5.41) is 13.1. The summed E-state index contributed by atoms with van der Waals surface area (Å²) in [5.41, 5.74) is 5.65. The number of piperidine rings is 1. The minimum atomic E-state index is -0.841. The molecule has 30 heavy (non-hydrogen) atoms. The molecule has 1 atom stereocenters. The largest absolute Gasteiger partial charge is 0.348 e. The quantitative estimate of drug-likeness (QED) is 0.547. The highest BCUT2D eigenvalue weighted by atomic mass is 35.5. The van der Waals surface area contributed by atoms with Gasteiger partial charge in [-0.05, 0) is 45.0 Å². The summed E-state index contributed by atoms with van der Waals surface area (Å²) in [6.07, 6.45) is 2.79. The zero-order valence-corrected chi connectivity index (χ0v) is 17.8. The number of rotatable bonds is 5. The Hall–Kier alpha value is -2.46. The molecule has 2 aromatic rings. The predicted molar refractivity (Wildman–Crippen MR) is 114 cm³/mol. The first-order valence-corrected chi connectivity index (χ1v) is 10.2. The van der Waals surface area contributed by atoms with Gasteiger partial charge in [0.05, 0.1) is 33.5 Å². The molecule has 0 spiro atoms. The predicted octanol–water partition coefficient (Wildman–Crippen LogP) is 1.91. The summed E-state index contributed by atoms with van der Waals surface area (Å²) in [6, 6.07) is 3.78. The van der Waals surface area contributed by atoms with Gasteiger partial charge in [0.1, 0.15) is 0 Å². The molecule has 160 valence electrons. The van der Waals surface area contributed by atoms with Gasteiger partial charge in [-0.1, -0.05) is 29.3 Å². The Labute approximate surface area is 183 Å². The molecular formula is C19H22Cl2N6O3. The highest BCUT2D eigenvalue weighted by Gasteiger charge is 2.26. The normalized spacial score (nSPS) is 15.5. The Balaban J connectivity index is 1.90. The van der Waals surface area contributed by atoms with Crippen molar-refractivity contribution < 1.29 is 14.4 Å². The van der Waals surface area contributed by atoms with Crippen molar-refractivity contribution in [2.24, 2.45) is 5.73 Å². The van der Waals surface area contributed by atoms with Crippen LogP contribution in [-0.4, -0.2) is 52.7 Å². The molecule has 1 fully saturated rings. The lowest BCUT2D eigenvalue weighted by atomic mass is 10.1. The monoisotopic (exact) mass is 452 g/mol. The molecule has 1 aliphatic heterocycles. The maximum atomic E-state index is 12.8. The summed E-state index contributed by atoms with van der Waals surface area (Å²) in [7, 11) is 0. The maximum Gasteiger partial charge on any atom is 0.274 e. The SMILES string of the molecule is C[C@@H](N)C(=O)n1cc(NC(=O)c2c(Cl)cccc2Cl)c(C(=O)NC2CCNCC2)n1. The third-order valence-electron chi connectivity index (χ3n) is 4.66. The molecule has 0 bridgehead atoms. The van der Waals surface area contributed by atoms with Crippen LogP contribution in [0.1, 0.15) is 45.4 Å². The van der Waals surface area contributed by atoms with Gasteiger partial charge in [-0.3, -0.25) is 14.4 Å². The number of nitrogens with two attached hydrogens (primary N) is 1. The van der Waals surface area contributed by atoms with Gasteiger partial charge < -0.3 is 21.7 Å². The average Bonchev–Trinajstić information content (AvgIpc) is 3.11. The number of hydrogen-bond donors (Lipinski definition) is 4. The van der Waals surface area contributed by atoms with Crippen LogP contribution in [0.2, 0.25) is 10.0 Å². The van der Waals surface area contributed by atoms with Crippen LogP contribution in [-0.2, 0) is 0 Å². The number of amides is 2. The number of anilines is 1. The molecule has 3 rings (SSSR count).